The highest BCUT2D eigenvalue weighted by molar-refractivity contribution is 5.73. The van der Waals surface area contributed by atoms with Crippen molar-refractivity contribution in [1.82, 2.24) is 4.98 Å². The first-order valence-electron chi connectivity index (χ1n) is 5.39. The third-order valence-corrected chi connectivity index (χ3v) is 2.66. The Bertz CT molecular complexity index is 441. The number of carbonyl (C=O) groups is 1. The molecular formula is C11H11F3N2O2. The Labute approximate surface area is 101 Å². The number of anilines is 1. The fourth-order valence-electron chi connectivity index (χ4n) is 1.65. The third-order valence-electron chi connectivity index (χ3n) is 2.66. The van der Waals surface area contributed by atoms with Crippen molar-refractivity contribution in [3.8, 4) is 0 Å². The molecule has 0 spiro atoms. The van der Waals surface area contributed by atoms with Crippen LogP contribution in [0.15, 0.2) is 18.3 Å². The van der Waals surface area contributed by atoms with Crippen LogP contribution < -0.4 is 4.90 Å². The normalized spacial score (nSPS) is 15.5. The summed E-state index contributed by atoms with van der Waals surface area (Å²) in [6, 6.07) is 2.20. The number of carboxylic acid groups (broad SMARTS) is 1. The van der Waals surface area contributed by atoms with Crippen LogP contribution in [0, 0.1) is 0 Å². The van der Waals surface area contributed by atoms with Crippen molar-refractivity contribution in [2.75, 3.05) is 11.4 Å². The highest BCUT2D eigenvalue weighted by atomic mass is 19.4. The zero-order valence-electron chi connectivity index (χ0n) is 9.31. The molecule has 7 heteroatoms. The maximum absolute atomic E-state index is 12.4. The summed E-state index contributed by atoms with van der Waals surface area (Å²) in [7, 11) is 0. The van der Waals surface area contributed by atoms with E-state index in [2.05, 4.69) is 4.98 Å². The number of hydrogen-bond acceptors (Lipinski definition) is 3. The number of nitrogens with zero attached hydrogens (tertiary/aromatic N) is 2. The van der Waals surface area contributed by atoms with E-state index in [4.69, 9.17) is 5.11 Å². The van der Waals surface area contributed by atoms with Gasteiger partial charge in [0.05, 0.1) is 5.56 Å². The second-order valence-electron chi connectivity index (χ2n) is 4.16. The SMILES string of the molecule is O=C(O)CN(c1ccc(C(F)(F)F)cn1)C1CC1. The maximum Gasteiger partial charge on any atom is 0.417 e. The average molecular weight is 260 g/mol. The largest absolute Gasteiger partial charge is 0.480 e. The van der Waals surface area contributed by atoms with Crippen molar-refractivity contribution in [2.24, 2.45) is 0 Å². The summed E-state index contributed by atoms with van der Waals surface area (Å²) in [5.74, 6) is -0.753. The van der Waals surface area contributed by atoms with Crippen LogP contribution >= 0.6 is 0 Å². The van der Waals surface area contributed by atoms with Crippen molar-refractivity contribution >= 4 is 11.8 Å². The van der Waals surface area contributed by atoms with Crippen LogP contribution in [0.5, 0.6) is 0 Å². The number of aliphatic carboxylic acids is 1. The van der Waals surface area contributed by atoms with Crippen molar-refractivity contribution in [2.45, 2.75) is 25.1 Å². The molecular weight excluding hydrogens is 249 g/mol. The minimum Gasteiger partial charge on any atom is -0.480 e. The molecule has 1 fully saturated rings. The molecule has 1 N–H and O–H groups in total. The Hall–Kier alpha value is -1.79. The number of rotatable bonds is 4. The van der Waals surface area contributed by atoms with Gasteiger partial charge in [0.25, 0.3) is 0 Å². The lowest BCUT2D eigenvalue weighted by molar-refractivity contribution is -0.138. The lowest BCUT2D eigenvalue weighted by Gasteiger charge is -2.21. The Morgan fingerprint density at radius 1 is 1.44 bits per heavy atom. The van der Waals surface area contributed by atoms with Gasteiger partial charge in [0, 0.05) is 12.2 Å². The highest BCUT2D eigenvalue weighted by Gasteiger charge is 2.33. The molecule has 0 unspecified atom stereocenters. The highest BCUT2D eigenvalue weighted by Crippen LogP contribution is 2.33. The lowest BCUT2D eigenvalue weighted by Crippen LogP contribution is -2.32. The average Bonchev–Trinajstić information content (AvgIpc) is 3.08. The van der Waals surface area contributed by atoms with E-state index in [0.29, 0.717) is 0 Å². The van der Waals surface area contributed by atoms with E-state index in [-0.39, 0.29) is 18.4 Å². The fourth-order valence-corrected chi connectivity index (χ4v) is 1.65. The molecule has 1 aliphatic carbocycles. The Balaban J connectivity index is 2.18. The molecule has 0 atom stereocenters. The minimum atomic E-state index is -4.43. The second-order valence-corrected chi connectivity index (χ2v) is 4.16. The van der Waals surface area contributed by atoms with E-state index < -0.39 is 17.7 Å². The zero-order valence-corrected chi connectivity index (χ0v) is 9.31. The van der Waals surface area contributed by atoms with Gasteiger partial charge in [-0.15, -0.1) is 0 Å². The van der Waals surface area contributed by atoms with Gasteiger partial charge in [-0.1, -0.05) is 0 Å². The van der Waals surface area contributed by atoms with Crippen LogP contribution in [0.1, 0.15) is 18.4 Å². The van der Waals surface area contributed by atoms with Crippen LogP contribution in [0.2, 0.25) is 0 Å². The van der Waals surface area contributed by atoms with Gasteiger partial charge < -0.3 is 10.0 Å². The summed E-state index contributed by atoms with van der Waals surface area (Å²) >= 11 is 0. The molecule has 1 aromatic heterocycles. The van der Waals surface area contributed by atoms with Crippen LogP contribution in [-0.4, -0.2) is 28.6 Å². The standard InChI is InChI=1S/C11H11F3N2O2/c12-11(13,14)7-1-4-9(15-5-7)16(6-10(17)18)8-2-3-8/h1,4-5,8H,2-3,6H2,(H,17,18). The van der Waals surface area contributed by atoms with Gasteiger partial charge in [0.15, 0.2) is 0 Å². The van der Waals surface area contributed by atoms with E-state index in [1.54, 1.807) is 0 Å². The van der Waals surface area contributed by atoms with Crippen LogP contribution in [-0.2, 0) is 11.0 Å². The van der Waals surface area contributed by atoms with Gasteiger partial charge in [-0.25, -0.2) is 4.98 Å². The third kappa shape index (κ3) is 2.91. The Morgan fingerprint density at radius 3 is 2.50 bits per heavy atom. The van der Waals surface area contributed by atoms with Crippen molar-refractivity contribution < 1.29 is 23.1 Å². The second kappa shape index (κ2) is 4.47. The molecule has 0 radical (unpaired) electrons. The summed E-state index contributed by atoms with van der Waals surface area (Å²) < 4.78 is 37.1. The molecule has 18 heavy (non-hydrogen) atoms. The maximum atomic E-state index is 12.4. The summed E-state index contributed by atoms with van der Waals surface area (Å²) in [6.45, 7) is -0.247. The number of alkyl halides is 3. The predicted molar refractivity (Wildman–Crippen MR) is 57.2 cm³/mol. The summed E-state index contributed by atoms with van der Waals surface area (Å²) in [4.78, 5) is 15.9. The smallest absolute Gasteiger partial charge is 0.417 e. The molecule has 2 rings (SSSR count). The first-order valence-corrected chi connectivity index (χ1v) is 5.39. The first kappa shape index (κ1) is 12.7. The quantitative estimate of drug-likeness (QED) is 0.901. The lowest BCUT2D eigenvalue weighted by atomic mass is 10.2. The summed E-state index contributed by atoms with van der Waals surface area (Å²) in [6.07, 6.45) is -2.01. The van der Waals surface area contributed by atoms with Gasteiger partial charge in [-0.3, -0.25) is 4.79 Å². The van der Waals surface area contributed by atoms with Crippen molar-refractivity contribution in [3.05, 3.63) is 23.9 Å². The molecule has 1 aliphatic rings. The van der Waals surface area contributed by atoms with Gasteiger partial charge in [-0.2, -0.15) is 13.2 Å². The molecule has 98 valence electrons. The van der Waals surface area contributed by atoms with E-state index in [0.717, 1.165) is 25.1 Å². The number of carboxylic acids is 1. The molecule has 0 saturated heterocycles. The van der Waals surface area contributed by atoms with E-state index in [9.17, 15) is 18.0 Å². The van der Waals surface area contributed by atoms with Crippen molar-refractivity contribution in [3.63, 3.8) is 0 Å². The van der Waals surface area contributed by atoms with Crippen molar-refractivity contribution in [1.29, 1.82) is 0 Å². The molecule has 0 amide bonds. The Kier molecular flexibility index (Phi) is 3.14. The predicted octanol–water partition coefficient (Wildman–Crippen LogP) is 2.15. The summed E-state index contributed by atoms with van der Waals surface area (Å²) in [5.41, 5.74) is -0.836. The monoisotopic (exact) mass is 260 g/mol. The van der Waals surface area contributed by atoms with Gasteiger partial charge in [-0.05, 0) is 25.0 Å². The van der Waals surface area contributed by atoms with E-state index in [1.165, 1.54) is 11.0 Å². The molecule has 0 aliphatic heterocycles. The first-order chi connectivity index (χ1) is 8.38. The molecule has 1 saturated carbocycles. The van der Waals surface area contributed by atoms with Gasteiger partial charge in [0.1, 0.15) is 12.4 Å². The minimum absolute atomic E-state index is 0.0744. The number of aromatic nitrogens is 1. The van der Waals surface area contributed by atoms with E-state index >= 15 is 0 Å². The Morgan fingerprint density at radius 2 is 2.11 bits per heavy atom. The number of pyridine rings is 1. The fraction of sp³-hybridized carbons (Fsp3) is 0.455. The number of hydrogen-bond donors (Lipinski definition) is 1. The van der Waals surface area contributed by atoms with Crippen LogP contribution in [0.25, 0.3) is 0 Å². The number of halogens is 3. The zero-order chi connectivity index (χ0) is 13.3. The van der Waals surface area contributed by atoms with E-state index in [1.807, 2.05) is 0 Å². The van der Waals surface area contributed by atoms with Crippen LogP contribution in [0.3, 0.4) is 0 Å². The molecule has 0 bridgehead atoms. The topological polar surface area (TPSA) is 53.4 Å². The van der Waals surface area contributed by atoms with Crippen LogP contribution in [0.4, 0.5) is 19.0 Å². The summed E-state index contributed by atoms with van der Waals surface area (Å²) in [5, 5.41) is 8.76. The molecule has 1 aromatic rings. The molecule has 0 aromatic carbocycles. The van der Waals surface area contributed by atoms with Gasteiger partial charge >= 0.3 is 12.1 Å². The molecule has 4 nitrogen and oxygen atoms in total. The molecule has 1 heterocycles. The van der Waals surface area contributed by atoms with Gasteiger partial charge in [0.2, 0.25) is 0 Å².